The smallest absolute Gasteiger partial charge is 0.337 e. The Kier molecular flexibility index (Phi) is 8.13. The Labute approximate surface area is 238 Å². The lowest BCUT2D eigenvalue weighted by Crippen LogP contribution is -2.15. The molecule has 0 spiro atoms. The van der Waals surface area contributed by atoms with Gasteiger partial charge in [0.25, 0.3) is 17.0 Å². The van der Waals surface area contributed by atoms with Gasteiger partial charge < -0.3 is 14.7 Å². The summed E-state index contributed by atoms with van der Waals surface area (Å²) in [6.07, 6.45) is 0.0933. The Bertz CT molecular complexity index is 1760. The fourth-order valence-electron chi connectivity index (χ4n) is 4.52. The minimum Gasteiger partial charge on any atom is -0.478 e. The molecular weight excluding hydrogens is 546 g/mol. The van der Waals surface area contributed by atoms with Crippen molar-refractivity contribution in [2.45, 2.75) is 26.3 Å². The van der Waals surface area contributed by atoms with Gasteiger partial charge in [0.2, 0.25) is 5.82 Å². The predicted octanol–water partition coefficient (Wildman–Crippen LogP) is 4.13. The predicted molar refractivity (Wildman–Crippen MR) is 148 cm³/mol. The summed E-state index contributed by atoms with van der Waals surface area (Å²) in [5.41, 5.74) is 4.39. The molecular formula is C28H25N7O7. The second kappa shape index (κ2) is 12.2. The molecule has 2 heterocycles. The van der Waals surface area contributed by atoms with Gasteiger partial charge in [-0.05, 0) is 47.4 Å². The number of fused-ring (bicyclic) bond motifs is 1. The quantitative estimate of drug-likeness (QED) is 0.129. The largest absolute Gasteiger partial charge is 0.478 e. The third kappa shape index (κ3) is 5.91. The average molecular weight is 572 g/mol. The van der Waals surface area contributed by atoms with Crippen molar-refractivity contribution in [2.24, 2.45) is 0 Å². The summed E-state index contributed by atoms with van der Waals surface area (Å²) in [5.74, 6) is -1.27. The summed E-state index contributed by atoms with van der Waals surface area (Å²) in [4.78, 5) is 44.2. The van der Waals surface area contributed by atoms with Gasteiger partial charge in [-0.25, -0.2) is 4.79 Å². The second-order valence-electron chi connectivity index (χ2n) is 9.09. The molecule has 42 heavy (non-hydrogen) atoms. The van der Waals surface area contributed by atoms with E-state index in [1.165, 1.54) is 0 Å². The molecule has 14 nitrogen and oxygen atoms in total. The van der Waals surface area contributed by atoms with Crippen LogP contribution in [0.15, 0.2) is 66.7 Å². The molecule has 0 saturated heterocycles. The van der Waals surface area contributed by atoms with Gasteiger partial charge in [0.05, 0.1) is 36.4 Å². The van der Waals surface area contributed by atoms with E-state index in [0.717, 1.165) is 21.5 Å². The van der Waals surface area contributed by atoms with Crippen LogP contribution < -0.4 is 4.74 Å². The maximum Gasteiger partial charge on any atom is 0.337 e. The van der Waals surface area contributed by atoms with Crippen LogP contribution in [0, 0.1) is 10.1 Å². The van der Waals surface area contributed by atoms with Crippen molar-refractivity contribution in [3.63, 3.8) is 0 Å². The molecule has 5 rings (SSSR count). The van der Waals surface area contributed by atoms with E-state index in [2.05, 4.69) is 25.2 Å². The molecule has 0 aliphatic rings. The molecule has 3 aromatic carbocycles. The van der Waals surface area contributed by atoms with Gasteiger partial charge in [-0.3, -0.25) is 9.36 Å². The molecule has 0 saturated carbocycles. The lowest BCUT2D eigenvalue weighted by atomic mass is 9.98. The van der Waals surface area contributed by atoms with Gasteiger partial charge in [-0.1, -0.05) is 59.4 Å². The SMILES string of the molecule is CCOc1nc2cccc(C(=O)O)c2n1Cc1ccc(-c2ccccc2-c2nnn(C(=O)CCCO[N+](=O)[O-])n2)cc1. The van der Waals surface area contributed by atoms with Crippen molar-refractivity contribution in [1.29, 1.82) is 0 Å². The fraction of sp³-hybridized carbons (Fsp3) is 0.214. The molecule has 5 aromatic rings. The lowest BCUT2D eigenvalue weighted by molar-refractivity contribution is -0.757. The third-order valence-electron chi connectivity index (χ3n) is 6.38. The first-order chi connectivity index (χ1) is 20.4. The van der Waals surface area contributed by atoms with Crippen LogP contribution >= 0.6 is 0 Å². The first kappa shape index (κ1) is 27.9. The van der Waals surface area contributed by atoms with E-state index in [9.17, 15) is 24.8 Å². The molecule has 0 unspecified atom stereocenters. The summed E-state index contributed by atoms with van der Waals surface area (Å²) < 4.78 is 7.48. The number of aromatic carboxylic acids is 1. The fourth-order valence-corrected chi connectivity index (χ4v) is 4.52. The highest BCUT2D eigenvalue weighted by molar-refractivity contribution is 6.01. The zero-order valence-corrected chi connectivity index (χ0v) is 22.4. The number of tetrazole rings is 1. The van der Waals surface area contributed by atoms with Crippen LogP contribution in [0.25, 0.3) is 33.5 Å². The van der Waals surface area contributed by atoms with Gasteiger partial charge in [-0.2, -0.15) is 4.98 Å². The molecule has 1 N–H and O–H groups in total. The number of imidazole rings is 1. The molecule has 2 aromatic heterocycles. The van der Waals surface area contributed by atoms with Crippen LogP contribution in [0.4, 0.5) is 0 Å². The van der Waals surface area contributed by atoms with Crippen LogP contribution in [0.2, 0.25) is 0 Å². The monoisotopic (exact) mass is 571 g/mol. The number of ether oxygens (including phenoxy) is 1. The maximum absolute atomic E-state index is 12.4. The molecule has 14 heteroatoms. The number of carboxylic acids is 1. The van der Waals surface area contributed by atoms with Crippen molar-refractivity contribution >= 4 is 22.9 Å². The highest BCUT2D eigenvalue weighted by atomic mass is 16.9. The summed E-state index contributed by atoms with van der Waals surface area (Å²) in [7, 11) is 0. The number of para-hydroxylation sites is 1. The Morgan fingerprint density at radius 1 is 1.02 bits per heavy atom. The first-order valence-corrected chi connectivity index (χ1v) is 13.0. The van der Waals surface area contributed by atoms with E-state index in [0.29, 0.717) is 35.8 Å². The Morgan fingerprint density at radius 3 is 2.50 bits per heavy atom. The van der Waals surface area contributed by atoms with Crippen LogP contribution in [0.3, 0.4) is 0 Å². The van der Waals surface area contributed by atoms with Crippen molar-refractivity contribution < 1.29 is 29.4 Å². The van der Waals surface area contributed by atoms with Crippen molar-refractivity contribution in [3.05, 3.63) is 88.0 Å². The first-order valence-electron chi connectivity index (χ1n) is 13.0. The molecule has 0 fully saturated rings. The zero-order valence-electron chi connectivity index (χ0n) is 22.4. The van der Waals surface area contributed by atoms with E-state index in [-0.39, 0.29) is 30.8 Å². The Balaban J connectivity index is 1.38. The summed E-state index contributed by atoms with van der Waals surface area (Å²) in [6.45, 7) is 2.35. The van der Waals surface area contributed by atoms with Gasteiger partial charge >= 0.3 is 5.97 Å². The van der Waals surface area contributed by atoms with E-state index in [1.54, 1.807) is 22.8 Å². The molecule has 0 aliphatic carbocycles. The number of hydrogen-bond acceptors (Lipinski definition) is 10. The van der Waals surface area contributed by atoms with Gasteiger partial charge in [0.1, 0.15) is 0 Å². The lowest BCUT2D eigenvalue weighted by Gasteiger charge is -2.12. The van der Waals surface area contributed by atoms with Gasteiger partial charge in [-0.15, -0.1) is 20.3 Å². The summed E-state index contributed by atoms with van der Waals surface area (Å²) >= 11 is 0. The topological polar surface area (TPSA) is 177 Å². The highest BCUT2D eigenvalue weighted by Crippen LogP contribution is 2.31. The minimum atomic E-state index is -1.05. The van der Waals surface area contributed by atoms with Crippen LogP contribution in [0.1, 0.15) is 40.5 Å². The molecule has 0 aliphatic heterocycles. The van der Waals surface area contributed by atoms with Gasteiger partial charge in [0.15, 0.2) is 0 Å². The number of rotatable bonds is 12. The maximum atomic E-state index is 12.4. The number of carbonyl (C=O) groups is 2. The number of hydrogen-bond donors (Lipinski definition) is 1. The van der Waals surface area contributed by atoms with E-state index >= 15 is 0 Å². The van der Waals surface area contributed by atoms with Crippen molar-refractivity contribution in [3.8, 4) is 28.5 Å². The summed E-state index contributed by atoms with van der Waals surface area (Å²) in [6, 6.07) is 20.4. The number of benzene rings is 3. The second-order valence-corrected chi connectivity index (χ2v) is 9.09. The normalized spacial score (nSPS) is 11.0. The van der Waals surface area contributed by atoms with Crippen LogP contribution in [-0.2, 0) is 11.4 Å². The molecule has 0 radical (unpaired) electrons. The van der Waals surface area contributed by atoms with E-state index < -0.39 is 17.0 Å². The van der Waals surface area contributed by atoms with E-state index in [1.807, 2.05) is 55.5 Å². The Morgan fingerprint density at radius 2 is 1.79 bits per heavy atom. The number of aromatic nitrogens is 6. The van der Waals surface area contributed by atoms with Crippen LogP contribution in [0.5, 0.6) is 6.01 Å². The molecule has 0 atom stereocenters. The Hall–Kier alpha value is -5.66. The molecule has 0 bridgehead atoms. The third-order valence-corrected chi connectivity index (χ3v) is 6.38. The molecule has 214 valence electrons. The standard InChI is InChI=1S/C28H25N7O7/c1-2-41-28-29-23-10-5-9-22(27(37)38)25(23)33(28)17-18-12-14-19(15-13-18)20-7-3-4-8-21(20)26-30-32-34(31-26)24(36)11-6-16-42-35(39)40/h3-5,7-10,12-15H,2,6,11,16-17H2,1H3,(H,37,38). The van der Waals surface area contributed by atoms with Crippen LogP contribution in [-0.4, -0.2) is 65.0 Å². The number of nitrogens with zero attached hydrogens (tertiary/aromatic N) is 7. The van der Waals surface area contributed by atoms with Crippen molar-refractivity contribution in [2.75, 3.05) is 13.2 Å². The number of carbonyl (C=O) groups excluding carboxylic acids is 1. The molecule has 0 amide bonds. The summed E-state index contributed by atoms with van der Waals surface area (Å²) in [5, 5.41) is 31.2. The minimum absolute atomic E-state index is 0.0437. The van der Waals surface area contributed by atoms with Gasteiger partial charge in [0, 0.05) is 12.0 Å². The van der Waals surface area contributed by atoms with E-state index in [4.69, 9.17) is 4.74 Å². The highest BCUT2D eigenvalue weighted by Gasteiger charge is 2.19. The number of carboxylic acid groups (broad SMARTS) is 1. The zero-order chi connectivity index (χ0) is 29.6. The average Bonchev–Trinajstić information content (AvgIpc) is 3.61. The van der Waals surface area contributed by atoms with Crippen molar-refractivity contribution in [1.82, 2.24) is 29.8 Å².